The van der Waals surface area contributed by atoms with Gasteiger partial charge in [-0.3, -0.25) is 0 Å². The fourth-order valence-electron chi connectivity index (χ4n) is 3.16. The molecule has 0 saturated carbocycles. The van der Waals surface area contributed by atoms with Crippen LogP contribution in [0.4, 0.5) is 4.79 Å². The van der Waals surface area contributed by atoms with Crippen LogP contribution in [0.1, 0.15) is 47.1 Å². The molecule has 24 heavy (non-hydrogen) atoms. The van der Waals surface area contributed by atoms with Gasteiger partial charge >= 0.3 is 6.03 Å². The number of urea groups is 1. The Kier molecular flexibility index (Phi) is 4.50. The zero-order chi connectivity index (χ0) is 18.5. The number of hydrogen-bond acceptors (Lipinski definition) is 3. The topological polar surface area (TPSA) is 66.5 Å². The van der Waals surface area contributed by atoms with Crippen LogP contribution in [-0.2, 0) is 10.0 Å². The Hall–Kier alpha value is -1.56. The van der Waals surface area contributed by atoms with E-state index in [0.29, 0.717) is 0 Å². The normalized spacial score (nSPS) is 22.6. The Bertz CT molecular complexity index is 725. The minimum absolute atomic E-state index is 0.145. The SMILES string of the molecule is Cc1ccc(S(=O)(=O)N2C(=O)N[C@@H](C(C)(C)C)[C@@H]2C(C)(C)C)cc1. The van der Waals surface area contributed by atoms with Gasteiger partial charge in [0, 0.05) is 0 Å². The van der Waals surface area contributed by atoms with E-state index in [1.165, 1.54) is 0 Å². The molecule has 0 bridgehead atoms. The third-order valence-electron chi connectivity index (χ3n) is 4.45. The monoisotopic (exact) mass is 352 g/mol. The van der Waals surface area contributed by atoms with E-state index in [9.17, 15) is 13.2 Å². The third kappa shape index (κ3) is 3.29. The number of rotatable bonds is 2. The molecule has 1 fully saturated rings. The Balaban J connectivity index is 2.57. The first kappa shape index (κ1) is 18.8. The van der Waals surface area contributed by atoms with Crippen molar-refractivity contribution in [1.29, 1.82) is 0 Å². The molecule has 1 aromatic carbocycles. The van der Waals surface area contributed by atoms with Gasteiger partial charge in [0.1, 0.15) is 0 Å². The van der Waals surface area contributed by atoms with Gasteiger partial charge in [0.25, 0.3) is 10.0 Å². The Morgan fingerprint density at radius 2 is 1.46 bits per heavy atom. The number of hydrogen-bond donors (Lipinski definition) is 1. The lowest BCUT2D eigenvalue weighted by molar-refractivity contribution is 0.146. The molecule has 134 valence electrons. The molecule has 5 nitrogen and oxygen atoms in total. The first-order valence-corrected chi connectivity index (χ1v) is 9.62. The van der Waals surface area contributed by atoms with Gasteiger partial charge in [0.05, 0.1) is 17.0 Å². The lowest BCUT2D eigenvalue weighted by Crippen LogP contribution is -2.52. The fourth-order valence-corrected chi connectivity index (χ4v) is 4.88. The number of carbonyl (C=O) groups is 1. The molecule has 0 aliphatic carbocycles. The van der Waals surface area contributed by atoms with Crippen LogP contribution in [0.15, 0.2) is 29.2 Å². The summed E-state index contributed by atoms with van der Waals surface area (Å²) >= 11 is 0. The van der Waals surface area contributed by atoms with Crippen molar-refractivity contribution in [2.75, 3.05) is 0 Å². The summed E-state index contributed by atoms with van der Waals surface area (Å²) in [6, 6.07) is 5.34. The summed E-state index contributed by atoms with van der Waals surface area (Å²) in [5.74, 6) is 0. The fraction of sp³-hybridized carbons (Fsp3) is 0.611. The van der Waals surface area contributed by atoms with Crippen LogP contribution in [0.2, 0.25) is 0 Å². The second-order valence-corrected chi connectivity index (χ2v) is 10.5. The molecule has 0 unspecified atom stereocenters. The van der Waals surface area contributed by atoms with E-state index in [4.69, 9.17) is 0 Å². The van der Waals surface area contributed by atoms with Crippen molar-refractivity contribution < 1.29 is 13.2 Å². The van der Waals surface area contributed by atoms with Crippen LogP contribution >= 0.6 is 0 Å². The Labute approximate surface area is 145 Å². The number of aryl methyl sites for hydroxylation is 1. The summed E-state index contributed by atoms with van der Waals surface area (Å²) in [6.45, 7) is 13.8. The summed E-state index contributed by atoms with van der Waals surface area (Å²) in [5.41, 5.74) is 0.319. The van der Waals surface area contributed by atoms with Gasteiger partial charge in [-0.2, -0.15) is 0 Å². The van der Waals surface area contributed by atoms with Gasteiger partial charge in [-0.05, 0) is 29.9 Å². The lowest BCUT2D eigenvalue weighted by atomic mass is 9.74. The molecule has 1 N–H and O–H groups in total. The van der Waals surface area contributed by atoms with Crippen molar-refractivity contribution in [2.24, 2.45) is 10.8 Å². The van der Waals surface area contributed by atoms with Gasteiger partial charge < -0.3 is 5.32 Å². The summed E-state index contributed by atoms with van der Waals surface area (Å²) in [7, 11) is -3.91. The highest BCUT2D eigenvalue weighted by molar-refractivity contribution is 7.89. The van der Waals surface area contributed by atoms with E-state index in [2.05, 4.69) is 5.32 Å². The average molecular weight is 353 g/mol. The molecule has 2 atom stereocenters. The molecule has 2 amide bonds. The number of carbonyl (C=O) groups excluding carboxylic acids is 1. The van der Waals surface area contributed by atoms with Crippen molar-refractivity contribution in [3.05, 3.63) is 29.8 Å². The van der Waals surface area contributed by atoms with E-state index < -0.39 is 27.5 Å². The van der Waals surface area contributed by atoms with E-state index in [1.54, 1.807) is 24.3 Å². The van der Waals surface area contributed by atoms with Gasteiger partial charge in [0.15, 0.2) is 0 Å². The zero-order valence-corrected chi connectivity index (χ0v) is 16.4. The number of amides is 2. The first-order chi connectivity index (χ1) is 10.8. The second kappa shape index (κ2) is 5.76. The number of nitrogens with zero attached hydrogens (tertiary/aromatic N) is 1. The largest absolute Gasteiger partial charge is 0.332 e. The van der Waals surface area contributed by atoms with Gasteiger partial charge in [-0.25, -0.2) is 17.5 Å². The maximum Gasteiger partial charge on any atom is 0.332 e. The quantitative estimate of drug-likeness (QED) is 0.885. The van der Waals surface area contributed by atoms with Gasteiger partial charge in [-0.15, -0.1) is 0 Å². The van der Waals surface area contributed by atoms with Crippen molar-refractivity contribution in [1.82, 2.24) is 9.62 Å². The van der Waals surface area contributed by atoms with E-state index in [-0.39, 0.29) is 16.4 Å². The molecular weight excluding hydrogens is 324 g/mol. The van der Waals surface area contributed by atoms with Gasteiger partial charge in [0.2, 0.25) is 0 Å². The minimum atomic E-state index is -3.91. The van der Waals surface area contributed by atoms with Crippen molar-refractivity contribution in [3.8, 4) is 0 Å². The predicted octanol–water partition coefficient (Wildman–Crippen LogP) is 3.54. The van der Waals surface area contributed by atoms with Crippen LogP contribution in [0.25, 0.3) is 0 Å². The van der Waals surface area contributed by atoms with Gasteiger partial charge in [-0.1, -0.05) is 59.2 Å². The second-order valence-electron chi connectivity index (χ2n) is 8.72. The highest BCUT2D eigenvalue weighted by atomic mass is 32.2. The maximum absolute atomic E-state index is 13.2. The van der Waals surface area contributed by atoms with Crippen LogP contribution in [0.3, 0.4) is 0 Å². The molecule has 1 aliphatic rings. The van der Waals surface area contributed by atoms with Crippen molar-refractivity contribution in [3.63, 3.8) is 0 Å². The predicted molar refractivity (Wildman–Crippen MR) is 95.2 cm³/mol. The zero-order valence-electron chi connectivity index (χ0n) is 15.5. The van der Waals surface area contributed by atoms with Crippen LogP contribution in [-0.4, -0.2) is 30.8 Å². The summed E-state index contributed by atoms with van der Waals surface area (Å²) in [4.78, 5) is 12.8. The van der Waals surface area contributed by atoms with E-state index >= 15 is 0 Å². The molecule has 0 aromatic heterocycles. The molecular formula is C18H28N2O3S. The third-order valence-corrected chi connectivity index (χ3v) is 6.22. The number of benzene rings is 1. The first-order valence-electron chi connectivity index (χ1n) is 8.18. The average Bonchev–Trinajstić information content (AvgIpc) is 2.77. The van der Waals surface area contributed by atoms with Crippen molar-refractivity contribution in [2.45, 2.75) is 65.4 Å². The van der Waals surface area contributed by atoms with Crippen LogP contribution < -0.4 is 5.32 Å². The molecule has 0 radical (unpaired) electrons. The molecule has 1 heterocycles. The number of sulfonamides is 1. The highest BCUT2D eigenvalue weighted by Gasteiger charge is 2.54. The molecule has 2 rings (SSSR count). The highest BCUT2D eigenvalue weighted by Crippen LogP contribution is 2.40. The molecule has 0 spiro atoms. The maximum atomic E-state index is 13.2. The van der Waals surface area contributed by atoms with Crippen molar-refractivity contribution >= 4 is 16.1 Å². The smallest absolute Gasteiger partial charge is 0.332 e. The molecule has 1 aliphatic heterocycles. The van der Waals surface area contributed by atoms with E-state index in [0.717, 1.165) is 9.87 Å². The minimum Gasteiger partial charge on any atom is -0.332 e. The van der Waals surface area contributed by atoms with E-state index in [1.807, 2.05) is 48.5 Å². The summed E-state index contributed by atoms with van der Waals surface area (Å²) in [6.07, 6.45) is 0. The molecule has 6 heteroatoms. The summed E-state index contributed by atoms with van der Waals surface area (Å²) in [5, 5.41) is 2.90. The standard InChI is InChI=1S/C18H28N2O3S/c1-12-8-10-13(11-9-12)24(22,23)20-15(18(5,6)7)14(17(2,3)4)19-16(20)21/h8-11,14-15H,1-7H3,(H,19,21)/t14-,15-/m1/s1. The Morgan fingerprint density at radius 1 is 0.958 bits per heavy atom. The molecule has 1 aromatic rings. The molecule has 1 saturated heterocycles. The lowest BCUT2D eigenvalue weighted by Gasteiger charge is -2.40. The van der Waals surface area contributed by atoms with Crippen LogP contribution in [0, 0.1) is 17.8 Å². The summed E-state index contributed by atoms with van der Waals surface area (Å²) < 4.78 is 27.4. The Morgan fingerprint density at radius 3 is 1.88 bits per heavy atom. The van der Waals surface area contributed by atoms with Crippen LogP contribution in [0.5, 0.6) is 0 Å². The number of nitrogens with one attached hydrogen (secondary N) is 1.